The summed E-state index contributed by atoms with van der Waals surface area (Å²) >= 11 is 0. The van der Waals surface area contributed by atoms with Gasteiger partial charge in [0.15, 0.2) is 0 Å². The lowest BCUT2D eigenvalue weighted by Crippen LogP contribution is -2.43. The summed E-state index contributed by atoms with van der Waals surface area (Å²) in [5.41, 5.74) is 0. The molecule has 0 radical (unpaired) electrons. The molecule has 1 aliphatic rings. The highest BCUT2D eigenvalue weighted by Gasteiger charge is 2.32. The summed E-state index contributed by atoms with van der Waals surface area (Å²) in [4.78, 5) is 0. The molecule has 4 unspecified atom stereocenters. The SMILES string of the molecule is CCCC(C)CC(NCC)C1OCCC1C. The van der Waals surface area contributed by atoms with Crippen molar-refractivity contribution in [1.29, 1.82) is 0 Å². The number of likely N-dealkylation sites (N-methyl/N-ethyl adjacent to an activating group) is 1. The third-order valence-corrected chi connectivity index (χ3v) is 3.74. The Morgan fingerprint density at radius 2 is 2.12 bits per heavy atom. The van der Waals surface area contributed by atoms with Gasteiger partial charge in [0.1, 0.15) is 0 Å². The van der Waals surface area contributed by atoms with E-state index in [-0.39, 0.29) is 0 Å². The third kappa shape index (κ3) is 4.06. The summed E-state index contributed by atoms with van der Waals surface area (Å²) in [6.45, 7) is 11.2. The molecule has 1 rings (SSSR count). The smallest absolute Gasteiger partial charge is 0.0754 e. The average Bonchev–Trinajstić information content (AvgIpc) is 2.64. The van der Waals surface area contributed by atoms with E-state index in [1.54, 1.807) is 0 Å². The predicted molar refractivity (Wildman–Crippen MR) is 69.7 cm³/mol. The van der Waals surface area contributed by atoms with Crippen LogP contribution in [-0.2, 0) is 4.74 Å². The van der Waals surface area contributed by atoms with Gasteiger partial charge < -0.3 is 10.1 Å². The monoisotopic (exact) mass is 227 g/mol. The Kier molecular flexibility index (Phi) is 6.37. The molecule has 4 atom stereocenters. The highest BCUT2D eigenvalue weighted by atomic mass is 16.5. The van der Waals surface area contributed by atoms with Gasteiger partial charge in [-0.1, -0.05) is 40.5 Å². The zero-order valence-corrected chi connectivity index (χ0v) is 11.5. The molecule has 0 aliphatic carbocycles. The fraction of sp³-hybridized carbons (Fsp3) is 1.00. The number of nitrogens with one attached hydrogen (secondary N) is 1. The molecule has 0 spiro atoms. The van der Waals surface area contributed by atoms with Gasteiger partial charge in [-0.15, -0.1) is 0 Å². The molecule has 96 valence electrons. The second kappa shape index (κ2) is 7.29. The molecule has 0 saturated carbocycles. The molecule has 0 aromatic rings. The normalized spacial score (nSPS) is 29.2. The molecule has 2 heteroatoms. The average molecular weight is 227 g/mol. The van der Waals surface area contributed by atoms with E-state index in [1.165, 1.54) is 25.7 Å². The first-order valence-electron chi connectivity index (χ1n) is 7.04. The Labute approximate surface area is 101 Å². The van der Waals surface area contributed by atoms with E-state index in [4.69, 9.17) is 4.74 Å². The maximum Gasteiger partial charge on any atom is 0.0754 e. The van der Waals surface area contributed by atoms with Crippen LogP contribution >= 0.6 is 0 Å². The van der Waals surface area contributed by atoms with Crippen LogP contribution in [0.5, 0.6) is 0 Å². The van der Waals surface area contributed by atoms with Gasteiger partial charge in [-0.2, -0.15) is 0 Å². The zero-order chi connectivity index (χ0) is 12.0. The van der Waals surface area contributed by atoms with Crippen LogP contribution in [0.3, 0.4) is 0 Å². The van der Waals surface area contributed by atoms with E-state index in [2.05, 4.69) is 33.0 Å². The first-order chi connectivity index (χ1) is 7.69. The Hall–Kier alpha value is -0.0800. The first kappa shape index (κ1) is 14.0. The Balaban J connectivity index is 2.45. The lowest BCUT2D eigenvalue weighted by molar-refractivity contribution is 0.0536. The Morgan fingerprint density at radius 3 is 2.62 bits per heavy atom. The van der Waals surface area contributed by atoms with Crippen molar-refractivity contribution in [2.24, 2.45) is 11.8 Å². The second-order valence-corrected chi connectivity index (χ2v) is 5.40. The van der Waals surface area contributed by atoms with Gasteiger partial charge in [0.25, 0.3) is 0 Å². The number of rotatable bonds is 7. The summed E-state index contributed by atoms with van der Waals surface area (Å²) in [6, 6.07) is 0.559. The molecular formula is C14H29NO. The maximum atomic E-state index is 5.90. The fourth-order valence-corrected chi connectivity index (χ4v) is 2.87. The van der Waals surface area contributed by atoms with Gasteiger partial charge in [0.2, 0.25) is 0 Å². The van der Waals surface area contributed by atoms with Crippen molar-refractivity contribution in [1.82, 2.24) is 5.32 Å². The van der Waals surface area contributed by atoms with Crippen molar-refractivity contribution in [2.45, 2.75) is 65.5 Å². The lowest BCUT2D eigenvalue weighted by Gasteiger charge is -2.29. The quantitative estimate of drug-likeness (QED) is 0.721. The topological polar surface area (TPSA) is 21.3 Å². The third-order valence-electron chi connectivity index (χ3n) is 3.74. The van der Waals surface area contributed by atoms with Crippen LogP contribution in [0.15, 0.2) is 0 Å². The van der Waals surface area contributed by atoms with Crippen LogP contribution < -0.4 is 5.32 Å². The zero-order valence-electron chi connectivity index (χ0n) is 11.5. The minimum Gasteiger partial charge on any atom is -0.376 e. The maximum absolute atomic E-state index is 5.90. The van der Waals surface area contributed by atoms with Gasteiger partial charge in [-0.3, -0.25) is 0 Å². The summed E-state index contributed by atoms with van der Waals surface area (Å²) < 4.78 is 5.90. The molecule has 2 nitrogen and oxygen atoms in total. The molecule has 1 aliphatic heterocycles. The summed E-state index contributed by atoms with van der Waals surface area (Å²) in [7, 11) is 0. The molecule has 1 N–H and O–H groups in total. The highest BCUT2D eigenvalue weighted by molar-refractivity contribution is 4.85. The first-order valence-corrected chi connectivity index (χ1v) is 7.04. The molecule has 0 aromatic heterocycles. The standard InChI is InChI=1S/C14H29NO/c1-5-7-11(3)10-13(15-6-2)14-12(4)8-9-16-14/h11-15H,5-10H2,1-4H3. The van der Waals surface area contributed by atoms with Crippen LogP contribution in [0.2, 0.25) is 0 Å². The van der Waals surface area contributed by atoms with Gasteiger partial charge in [0.05, 0.1) is 6.10 Å². The van der Waals surface area contributed by atoms with E-state index in [1.807, 2.05) is 0 Å². The van der Waals surface area contributed by atoms with Crippen LogP contribution in [-0.4, -0.2) is 25.3 Å². The molecule has 1 heterocycles. The van der Waals surface area contributed by atoms with Gasteiger partial charge >= 0.3 is 0 Å². The fourth-order valence-electron chi connectivity index (χ4n) is 2.87. The van der Waals surface area contributed by atoms with Crippen molar-refractivity contribution in [3.05, 3.63) is 0 Å². The lowest BCUT2D eigenvalue weighted by atomic mass is 9.89. The highest BCUT2D eigenvalue weighted by Crippen LogP contribution is 2.26. The van der Waals surface area contributed by atoms with Crippen LogP contribution in [0.25, 0.3) is 0 Å². The van der Waals surface area contributed by atoms with Crippen LogP contribution in [0, 0.1) is 11.8 Å². The second-order valence-electron chi connectivity index (χ2n) is 5.40. The molecular weight excluding hydrogens is 198 g/mol. The molecule has 0 bridgehead atoms. The number of ether oxygens (including phenoxy) is 1. The van der Waals surface area contributed by atoms with E-state index in [9.17, 15) is 0 Å². The summed E-state index contributed by atoms with van der Waals surface area (Å²) in [5.74, 6) is 1.53. The van der Waals surface area contributed by atoms with Crippen molar-refractivity contribution in [3.63, 3.8) is 0 Å². The largest absolute Gasteiger partial charge is 0.376 e. The molecule has 1 saturated heterocycles. The van der Waals surface area contributed by atoms with E-state index in [0.717, 1.165) is 25.0 Å². The molecule has 16 heavy (non-hydrogen) atoms. The molecule has 0 amide bonds. The van der Waals surface area contributed by atoms with Gasteiger partial charge in [-0.25, -0.2) is 0 Å². The predicted octanol–water partition coefficient (Wildman–Crippen LogP) is 3.22. The summed E-state index contributed by atoms with van der Waals surface area (Å²) in [6.07, 6.45) is 5.56. The Morgan fingerprint density at radius 1 is 1.38 bits per heavy atom. The minimum absolute atomic E-state index is 0.444. The van der Waals surface area contributed by atoms with E-state index in [0.29, 0.717) is 12.1 Å². The van der Waals surface area contributed by atoms with Crippen molar-refractivity contribution in [3.8, 4) is 0 Å². The molecule has 0 aromatic carbocycles. The van der Waals surface area contributed by atoms with E-state index < -0.39 is 0 Å². The van der Waals surface area contributed by atoms with Gasteiger partial charge in [-0.05, 0) is 31.2 Å². The minimum atomic E-state index is 0.444. The number of hydrogen-bond acceptors (Lipinski definition) is 2. The Bertz CT molecular complexity index is 184. The summed E-state index contributed by atoms with van der Waals surface area (Å²) in [5, 5.41) is 3.62. The van der Waals surface area contributed by atoms with E-state index >= 15 is 0 Å². The molecule has 1 fully saturated rings. The van der Waals surface area contributed by atoms with Crippen molar-refractivity contribution in [2.75, 3.05) is 13.2 Å². The van der Waals surface area contributed by atoms with Crippen molar-refractivity contribution >= 4 is 0 Å². The van der Waals surface area contributed by atoms with Crippen LogP contribution in [0.1, 0.15) is 53.4 Å². The van der Waals surface area contributed by atoms with Crippen molar-refractivity contribution < 1.29 is 4.74 Å². The number of hydrogen-bond donors (Lipinski definition) is 1. The van der Waals surface area contributed by atoms with Gasteiger partial charge in [0, 0.05) is 12.6 Å². The van der Waals surface area contributed by atoms with Crippen LogP contribution in [0.4, 0.5) is 0 Å².